The van der Waals surface area contributed by atoms with E-state index in [4.69, 9.17) is 0 Å². The standard InChI is InChI=1S/C5H7NO5.Ba/c1-2(7)6-3(4(8)9)5(10)11;/h3H,1H3,(H,6,7)(H,8,9)(H,10,11);/q;+2/p-2. The van der Waals surface area contributed by atoms with Crippen molar-refractivity contribution in [2.45, 2.75) is 13.0 Å². The van der Waals surface area contributed by atoms with Crippen molar-refractivity contribution in [2.24, 2.45) is 0 Å². The summed E-state index contributed by atoms with van der Waals surface area (Å²) in [6, 6.07) is -2.08. The van der Waals surface area contributed by atoms with E-state index >= 15 is 0 Å². The second kappa shape index (κ2) is 6.49. The Morgan fingerprint density at radius 2 is 1.50 bits per heavy atom. The third-order valence-corrected chi connectivity index (χ3v) is 0.819. The predicted octanol–water partition coefficient (Wildman–Crippen LogP) is -4.39. The Hall–Kier alpha value is -0.0186. The van der Waals surface area contributed by atoms with Crippen molar-refractivity contribution in [2.75, 3.05) is 0 Å². The molecule has 1 amide bonds. The Kier molecular flexibility index (Phi) is 7.85. The van der Waals surface area contributed by atoms with Crippen LogP contribution in [0.1, 0.15) is 6.92 Å². The molecule has 0 saturated carbocycles. The number of hydrogen-bond acceptors (Lipinski definition) is 5. The summed E-state index contributed by atoms with van der Waals surface area (Å²) in [6.07, 6.45) is 0. The molecule has 0 aliphatic carbocycles. The van der Waals surface area contributed by atoms with Crippen molar-refractivity contribution >= 4 is 66.7 Å². The second-order valence-corrected chi connectivity index (χ2v) is 1.77. The molecule has 0 fully saturated rings. The van der Waals surface area contributed by atoms with Crippen molar-refractivity contribution in [3.63, 3.8) is 0 Å². The molecule has 0 aliphatic heterocycles. The normalized spacial score (nSPS) is 8.50. The van der Waals surface area contributed by atoms with Gasteiger partial charge in [-0.15, -0.1) is 0 Å². The molecule has 0 unspecified atom stereocenters. The van der Waals surface area contributed by atoms with Gasteiger partial charge in [0.1, 0.15) is 6.04 Å². The topological polar surface area (TPSA) is 109 Å². The third kappa shape index (κ3) is 5.61. The molecule has 7 heteroatoms. The van der Waals surface area contributed by atoms with Crippen molar-refractivity contribution in [1.82, 2.24) is 5.32 Å². The van der Waals surface area contributed by atoms with Crippen molar-refractivity contribution < 1.29 is 24.6 Å². The molecule has 0 aromatic carbocycles. The van der Waals surface area contributed by atoms with E-state index < -0.39 is 23.9 Å². The number of carboxylic acid groups (broad SMARTS) is 2. The molecule has 1 N–H and O–H groups in total. The number of carboxylic acids is 2. The molecule has 0 aromatic rings. The van der Waals surface area contributed by atoms with E-state index in [2.05, 4.69) is 0 Å². The van der Waals surface area contributed by atoms with Gasteiger partial charge in [-0.25, -0.2) is 0 Å². The molecular formula is C5H5BaNO5. The third-order valence-electron chi connectivity index (χ3n) is 0.819. The van der Waals surface area contributed by atoms with Crippen molar-refractivity contribution in [3.05, 3.63) is 0 Å². The first kappa shape index (κ1) is 14.5. The first-order valence-electron chi connectivity index (χ1n) is 2.64. The van der Waals surface area contributed by atoms with E-state index in [0.717, 1.165) is 6.92 Å². The van der Waals surface area contributed by atoms with Crippen LogP contribution in [-0.2, 0) is 14.4 Å². The molecule has 0 radical (unpaired) electrons. The molecular weight excluding hydrogens is 291 g/mol. The van der Waals surface area contributed by atoms with Crippen LogP contribution < -0.4 is 15.5 Å². The zero-order valence-electron chi connectivity index (χ0n) is 6.33. The largest absolute Gasteiger partial charge is 2.00 e. The van der Waals surface area contributed by atoms with Gasteiger partial charge in [-0.3, -0.25) is 4.79 Å². The second-order valence-electron chi connectivity index (χ2n) is 1.77. The fraction of sp³-hybridized carbons (Fsp3) is 0.400. The van der Waals surface area contributed by atoms with Crippen LogP contribution in [0.5, 0.6) is 0 Å². The first-order chi connectivity index (χ1) is 4.95. The van der Waals surface area contributed by atoms with Gasteiger partial charge in [0.2, 0.25) is 5.91 Å². The summed E-state index contributed by atoms with van der Waals surface area (Å²) >= 11 is 0. The minimum atomic E-state index is -2.08. The maximum atomic E-state index is 10.2. The summed E-state index contributed by atoms with van der Waals surface area (Å²) in [5.74, 6) is -4.58. The van der Waals surface area contributed by atoms with E-state index in [1.165, 1.54) is 0 Å². The van der Waals surface area contributed by atoms with E-state index in [1.807, 2.05) is 0 Å². The maximum Gasteiger partial charge on any atom is 2.00 e. The van der Waals surface area contributed by atoms with Crippen molar-refractivity contribution in [1.29, 1.82) is 0 Å². The quantitative estimate of drug-likeness (QED) is 0.418. The smallest absolute Gasteiger partial charge is 0.547 e. The summed E-state index contributed by atoms with van der Waals surface area (Å²) in [4.78, 5) is 30.0. The van der Waals surface area contributed by atoms with Crippen LogP contribution in [0.15, 0.2) is 0 Å². The Balaban J connectivity index is 0. The fourth-order valence-corrected chi connectivity index (χ4v) is 0.417. The molecule has 0 aliphatic rings. The number of aliphatic carboxylic acids is 2. The Morgan fingerprint density at radius 1 is 1.17 bits per heavy atom. The molecule has 0 atom stereocenters. The average Bonchev–Trinajstić information content (AvgIpc) is 1.81. The van der Waals surface area contributed by atoms with E-state index in [9.17, 15) is 24.6 Å². The summed E-state index contributed by atoms with van der Waals surface area (Å²) in [5, 5.41) is 21.5. The number of nitrogens with one attached hydrogen (secondary N) is 1. The Morgan fingerprint density at radius 3 is 1.58 bits per heavy atom. The Bertz CT molecular complexity index is 190. The van der Waals surface area contributed by atoms with Gasteiger partial charge in [-0.05, 0) is 0 Å². The molecule has 0 rings (SSSR count). The van der Waals surface area contributed by atoms with Gasteiger partial charge in [0.15, 0.2) is 0 Å². The van der Waals surface area contributed by atoms with Gasteiger partial charge in [-0.1, -0.05) is 0 Å². The minimum absolute atomic E-state index is 0. The van der Waals surface area contributed by atoms with Gasteiger partial charge >= 0.3 is 48.9 Å². The summed E-state index contributed by atoms with van der Waals surface area (Å²) in [6.45, 7) is 0.985. The van der Waals surface area contributed by atoms with Crippen LogP contribution in [-0.4, -0.2) is 72.8 Å². The van der Waals surface area contributed by atoms with Crippen LogP contribution in [0.2, 0.25) is 0 Å². The predicted molar refractivity (Wildman–Crippen MR) is 33.4 cm³/mol. The number of carbonyl (C=O) groups is 3. The molecule has 0 aromatic heterocycles. The number of hydrogen-bond donors (Lipinski definition) is 1. The van der Waals surface area contributed by atoms with Gasteiger partial charge in [0.25, 0.3) is 0 Å². The molecule has 0 spiro atoms. The fourth-order valence-electron chi connectivity index (χ4n) is 0.417. The van der Waals surface area contributed by atoms with Gasteiger partial charge in [0, 0.05) is 6.92 Å². The zero-order chi connectivity index (χ0) is 9.02. The van der Waals surface area contributed by atoms with Gasteiger partial charge < -0.3 is 25.1 Å². The monoisotopic (exact) mass is 297 g/mol. The molecule has 62 valence electrons. The van der Waals surface area contributed by atoms with Crippen LogP contribution in [0.4, 0.5) is 0 Å². The van der Waals surface area contributed by atoms with E-state index in [-0.39, 0.29) is 48.9 Å². The Labute approximate surface area is 108 Å². The average molecular weight is 296 g/mol. The number of rotatable bonds is 3. The summed E-state index contributed by atoms with van der Waals surface area (Å²) < 4.78 is 0. The minimum Gasteiger partial charge on any atom is -0.547 e. The number of amides is 1. The maximum absolute atomic E-state index is 10.2. The molecule has 0 saturated heterocycles. The van der Waals surface area contributed by atoms with Crippen molar-refractivity contribution in [3.8, 4) is 0 Å². The van der Waals surface area contributed by atoms with Crippen LogP contribution >= 0.6 is 0 Å². The van der Waals surface area contributed by atoms with E-state index in [1.54, 1.807) is 5.32 Å². The van der Waals surface area contributed by atoms with E-state index in [0.29, 0.717) is 0 Å². The molecule has 0 heterocycles. The zero-order valence-corrected chi connectivity index (χ0v) is 10.8. The molecule has 12 heavy (non-hydrogen) atoms. The SMILES string of the molecule is CC(=O)NC(C(=O)[O-])C(=O)[O-].[Ba+2]. The van der Waals surface area contributed by atoms with Gasteiger partial charge in [0.05, 0.1) is 11.9 Å². The summed E-state index contributed by atoms with van der Waals surface area (Å²) in [5.41, 5.74) is 0. The van der Waals surface area contributed by atoms with Crippen LogP contribution in [0.3, 0.4) is 0 Å². The van der Waals surface area contributed by atoms with Gasteiger partial charge in [-0.2, -0.15) is 0 Å². The summed E-state index contributed by atoms with van der Waals surface area (Å²) in [7, 11) is 0. The van der Waals surface area contributed by atoms with Crippen LogP contribution in [0, 0.1) is 0 Å². The number of carbonyl (C=O) groups excluding carboxylic acids is 3. The molecule has 6 nitrogen and oxygen atoms in total. The van der Waals surface area contributed by atoms with Crippen LogP contribution in [0.25, 0.3) is 0 Å². The first-order valence-corrected chi connectivity index (χ1v) is 2.64. The molecule has 0 bridgehead atoms.